The number of hydrogen-bond acceptors (Lipinski definition) is 2. The topological polar surface area (TPSA) is 29.3 Å². The van der Waals surface area contributed by atoms with Crippen LogP contribution in [-0.2, 0) is 6.42 Å². The van der Waals surface area contributed by atoms with Crippen molar-refractivity contribution < 1.29 is 0 Å². The first kappa shape index (κ1) is 12.6. The van der Waals surface area contributed by atoms with Crippen molar-refractivity contribution in [3.05, 3.63) is 35.9 Å². The molecule has 1 aliphatic rings. The second kappa shape index (κ2) is 6.18. The van der Waals surface area contributed by atoms with E-state index in [1.54, 1.807) is 0 Å². The van der Waals surface area contributed by atoms with Crippen molar-refractivity contribution >= 4 is 0 Å². The van der Waals surface area contributed by atoms with Crippen LogP contribution < -0.4 is 5.73 Å². The zero-order valence-electron chi connectivity index (χ0n) is 10.8. The van der Waals surface area contributed by atoms with Crippen molar-refractivity contribution in [1.29, 1.82) is 0 Å². The average molecular weight is 232 g/mol. The molecule has 0 aliphatic carbocycles. The largest absolute Gasteiger partial charge is 0.326 e. The molecule has 1 saturated heterocycles. The lowest BCUT2D eigenvalue weighted by Gasteiger charge is -2.26. The van der Waals surface area contributed by atoms with E-state index in [0.29, 0.717) is 12.1 Å². The van der Waals surface area contributed by atoms with Crippen LogP contribution in [-0.4, -0.2) is 30.1 Å². The van der Waals surface area contributed by atoms with E-state index in [0.717, 1.165) is 6.54 Å². The quantitative estimate of drug-likeness (QED) is 0.845. The van der Waals surface area contributed by atoms with E-state index in [-0.39, 0.29) is 0 Å². The molecule has 1 aromatic rings. The molecule has 17 heavy (non-hydrogen) atoms. The second-order valence-electron chi connectivity index (χ2n) is 5.13. The molecular formula is C15H24N2. The van der Waals surface area contributed by atoms with E-state index in [2.05, 4.69) is 42.2 Å². The van der Waals surface area contributed by atoms with Gasteiger partial charge in [0.1, 0.15) is 0 Å². The van der Waals surface area contributed by atoms with E-state index >= 15 is 0 Å². The predicted octanol–water partition coefficient (Wildman–Crippen LogP) is 2.43. The van der Waals surface area contributed by atoms with Crippen LogP contribution in [0.1, 0.15) is 31.7 Å². The van der Waals surface area contributed by atoms with Gasteiger partial charge in [-0.05, 0) is 31.2 Å². The summed E-state index contributed by atoms with van der Waals surface area (Å²) in [5.74, 6) is 0. The Labute approximate surface area is 105 Å². The summed E-state index contributed by atoms with van der Waals surface area (Å²) in [4.78, 5) is 2.58. The van der Waals surface area contributed by atoms with Gasteiger partial charge < -0.3 is 5.73 Å². The van der Waals surface area contributed by atoms with Crippen molar-refractivity contribution in [2.45, 2.75) is 44.7 Å². The Morgan fingerprint density at radius 1 is 1.35 bits per heavy atom. The van der Waals surface area contributed by atoms with Crippen molar-refractivity contribution in [3.63, 3.8) is 0 Å². The van der Waals surface area contributed by atoms with Gasteiger partial charge in [0.05, 0.1) is 0 Å². The lowest BCUT2D eigenvalue weighted by molar-refractivity contribution is 0.222. The van der Waals surface area contributed by atoms with E-state index in [1.807, 2.05) is 0 Å². The number of nitrogens with two attached hydrogens (primary N) is 1. The Kier molecular flexibility index (Phi) is 4.57. The lowest BCUT2D eigenvalue weighted by atomic mass is 10.0. The summed E-state index contributed by atoms with van der Waals surface area (Å²) >= 11 is 0. The molecule has 1 aromatic carbocycles. The van der Waals surface area contributed by atoms with Gasteiger partial charge in [-0.15, -0.1) is 0 Å². The molecule has 0 saturated carbocycles. The molecule has 0 bridgehead atoms. The zero-order chi connectivity index (χ0) is 12.1. The number of rotatable bonds is 5. The Morgan fingerprint density at radius 2 is 2.12 bits per heavy atom. The molecule has 2 unspecified atom stereocenters. The minimum absolute atomic E-state index is 0.403. The molecule has 0 radical (unpaired) electrons. The van der Waals surface area contributed by atoms with Crippen molar-refractivity contribution in [2.75, 3.05) is 13.1 Å². The van der Waals surface area contributed by atoms with Crippen molar-refractivity contribution in [1.82, 2.24) is 4.90 Å². The number of aryl methyl sites for hydroxylation is 1. The molecule has 0 aromatic heterocycles. The summed E-state index contributed by atoms with van der Waals surface area (Å²) in [5.41, 5.74) is 7.44. The van der Waals surface area contributed by atoms with E-state index in [1.165, 1.54) is 37.8 Å². The summed E-state index contributed by atoms with van der Waals surface area (Å²) in [6.07, 6.45) is 4.85. The minimum Gasteiger partial charge on any atom is -0.326 e. The Morgan fingerprint density at radius 3 is 2.71 bits per heavy atom. The Hall–Kier alpha value is -0.860. The number of nitrogens with zero attached hydrogens (tertiary/aromatic N) is 1. The third-order valence-corrected chi connectivity index (χ3v) is 3.85. The summed E-state index contributed by atoms with van der Waals surface area (Å²) in [5, 5.41) is 0. The van der Waals surface area contributed by atoms with Crippen LogP contribution in [0.25, 0.3) is 0 Å². The van der Waals surface area contributed by atoms with Crippen molar-refractivity contribution in [3.8, 4) is 0 Å². The summed E-state index contributed by atoms with van der Waals surface area (Å²) in [7, 11) is 0. The van der Waals surface area contributed by atoms with E-state index in [4.69, 9.17) is 5.73 Å². The maximum Gasteiger partial charge on any atom is 0.0180 e. The van der Waals surface area contributed by atoms with Gasteiger partial charge in [0, 0.05) is 25.2 Å². The van der Waals surface area contributed by atoms with Gasteiger partial charge >= 0.3 is 0 Å². The Bertz CT molecular complexity index is 323. The maximum absolute atomic E-state index is 5.98. The smallest absolute Gasteiger partial charge is 0.0180 e. The van der Waals surface area contributed by atoms with Crippen LogP contribution in [0.3, 0.4) is 0 Å². The van der Waals surface area contributed by atoms with E-state index in [9.17, 15) is 0 Å². The molecule has 1 aliphatic heterocycles. The normalized spacial score (nSPS) is 22.8. The van der Waals surface area contributed by atoms with Gasteiger partial charge in [-0.3, -0.25) is 4.90 Å². The van der Waals surface area contributed by atoms with Gasteiger partial charge in [0.15, 0.2) is 0 Å². The highest BCUT2D eigenvalue weighted by Crippen LogP contribution is 2.18. The first-order valence-electron chi connectivity index (χ1n) is 6.83. The van der Waals surface area contributed by atoms with Crippen LogP contribution in [0, 0.1) is 0 Å². The predicted molar refractivity (Wildman–Crippen MR) is 73.0 cm³/mol. The maximum atomic E-state index is 5.98. The Balaban J connectivity index is 1.84. The first-order chi connectivity index (χ1) is 8.29. The van der Waals surface area contributed by atoms with Gasteiger partial charge in [-0.2, -0.15) is 0 Å². The standard InChI is InChI=1S/C15H24N2/c1-2-15(17-11-10-14(16)12-17)9-8-13-6-4-3-5-7-13/h3-7,14-15H,2,8-12,16H2,1H3. The molecule has 2 atom stereocenters. The SMILES string of the molecule is CCC(CCc1ccccc1)N1CCC(N)C1. The molecular weight excluding hydrogens is 208 g/mol. The number of hydrogen-bond donors (Lipinski definition) is 1. The summed E-state index contributed by atoms with van der Waals surface area (Å²) < 4.78 is 0. The third kappa shape index (κ3) is 3.55. The van der Waals surface area contributed by atoms with Crippen LogP contribution in [0.4, 0.5) is 0 Å². The fraction of sp³-hybridized carbons (Fsp3) is 0.600. The summed E-state index contributed by atoms with van der Waals surface area (Å²) in [6.45, 7) is 4.57. The lowest BCUT2D eigenvalue weighted by Crippen LogP contribution is -2.35. The molecule has 0 amide bonds. The highest BCUT2D eigenvalue weighted by atomic mass is 15.2. The number of benzene rings is 1. The van der Waals surface area contributed by atoms with Gasteiger partial charge in [0.25, 0.3) is 0 Å². The molecule has 1 heterocycles. The molecule has 2 rings (SSSR count). The molecule has 94 valence electrons. The first-order valence-corrected chi connectivity index (χ1v) is 6.83. The fourth-order valence-electron chi connectivity index (χ4n) is 2.77. The number of likely N-dealkylation sites (tertiary alicyclic amines) is 1. The van der Waals surface area contributed by atoms with Crippen LogP contribution in [0.5, 0.6) is 0 Å². The van der Waals surface area contributed by atoms with Gasteiger partial charge in [-0.1, -0.05) is 37.3 Å². The minimum atomic E-state index is 0.403. The van der Waals surface area contributed by atoms with E-state index < -0.39 is 0 Å². The molecule has 2 nitrogen and oxygen atoms in total. The molecule has 0 spiro atoms. The highest BCUT2D eigenvalue weighted by molar-refractivity contribution is 5.14. The highest BCUT2D eigenvalue weighted by Gasteiger charge is 2.24. The fourth-order valence-corrected chi connectivity index (χ4v) is 2.77. The third-order valence-electron chi connectivity index (χ3n) is 3.85. The second-order valence-corrected chi connectivity index (χ2v) is 5.13. The average Bonchev–Trinajstić information content (AvgIpc) is 2.78. The molecule has 1 fully saturated rings. The molecule has 2 N–H and O–H groups in total. The summed E-state index contributed by atoms with van der Waals surface area (Å²) in [6, 6.07) is 11.9. The van der Waals surface area contributed by atoms with Gasteiger partial charge in [-0.25, -0.2) is 0 Å². The zero-order valence-corrected chi connectivity index (χ0v) is 10.8. The van der Waals surface area contributed by atoms with Crippen LogP contribution in [0.2, 0.25) is 0 Å². The van der Waals surface area contributed by atoms with Crippen molar-refractivity contribution in [2.24, 2.45) is 5.73 Å². The monoisotopic (exact) mass is 232 g/mol. The van der Waals surface area contributed by atoms with Crippen LogP contribution in [0.15, 0.2) is 30.3 Å². The molecule has 2 heteroatoms. The van der Waals surface area contributed by atoms with Gasteiger partial charge in [0.2, 0.25) is 0 Å². The van der Waals surface area contributed by atoms with Crippen LogP contribution >= 0.6 is 0 Å².